The Bertz CT molecular complexity index is 1090. The lowest BCUT2D eigenvalue weighted by Crippen LogP contribution is -2.43. The molecule has 35 heavy (non-hydrogen) atoms. The maximum atomic E-state index is 11.4. The van der Waals surface area contributed by atoms with Crippen LogP contribution in [0.2, 0.25) is 0 Å². The fraction of sp³-hybridized carbons (Fsp3) is 0.345. The summed E-state index contributed by atoms with van der Waals surface area (Å²) in [5.74, 6) is 0.00718. The molecule has 0 spiro atoms. The van der Waals surface area contributed by atoms with Crippen molar-refractivity contribution in [3.05, 3.63) is 101 Å². The van der Waals surface area contributed by atoms with E-state index in [9.17, 15) is 9.90 Å². The standard InChI is InChI=1S/C29H34N2O4/c1-20-27(18-31(3)17-22-7-5-4-6-8-22)34-29(25-13-15-26(16-14-25)30-21(2)33)35-28(20)24-11-9-23(19-32)10-12-24/h4-16,20,27-29,32H,17-19H2,1-3H3,(H,30,33)/t20-,27+,28+,29+/m0/s1. The number of hydrogen-bond acceptors (Lipinski definition) is 5. The van der Waals surface area contributed by atoms with Crippen molar-refractivity contribution in [2.45, 2.75) is 45.5 Å². The van der Waals surface area contributed by atoms with Crippen molar-refractivity contribution >= 4 is 11.6 Å². The molecule has 1 heterocycles. The van der Waals surface area contributed by atoms with E-state index >= 15 is 0 Å². The molecule has 1 aliphatic rings. The summed E-state index contributed by atoms with van der Waals surface area (Å²) in [4.78, 5) is 13.7. The summed E-state index contributed by atoms with van der Waals surface area (Å²) in [6.07, 6.45) is -0.748. The van der Waals surface area contributed by atoms with Gasteiger partial charge in [-0.25, -0.2) is 0 Å². The van der Waals surface area contributed by atoms with Crippen LogP contribution in [0.3, 0.4) is 0 Å². The normalized spacial score (nSPS) is 22.2. The molecule has 0 radical (unpaired) electrons. The molecule has 3 aromatic rings. The van der Waals surface area contributed by atoms with Crippen LogP contribution in [0.25, 0.3) is 0 Å². The number of aliphatic hydroxyl groups excluding tert-OH is 1. The van der Waals surface area contributed by atoms with Crippen molar-refractivity contribution < 1.29 is 19.4 Å². The highest BCUT2D eigenvalue weighted by atomic mass is 16.7. The third-order valence-corrected chi connectivity index (χ3v) is 6.41. The Labute approximate surface area is 207 Å². The molecular formula is C29H34N2O4. The van der Waals surface area contributed by atoms with E-state index in [1.807, 2.05) is 54.6 Å². The van der Waals surface area contributed by atoms with Gasteiger partial charge in [0.05, 0.1) is 18.8 Å². The van der Waals surface area contributed by atoms with Gasteiger partial charge in [0.2, 0.25) is 5.91 Å². The molecule has 0 aliphatic carbocycles. The molecule has 6 heteroatoms. The predicted molar refractivity (Wildman–Crippen MR) is 136 cm³/mol. The number of anilines is 1. The summed E-state index contributed by atoms with van der Waals surface area (Å²) in [7, 11) is 2.11. The van der Waals surface area contributed by atoms with Gasteiger partial charge in [0.25, 0.3) is 0 Å². The molecule has 0 unspecified atom stereocenters. The number of hydrogen-bond donors (Lipinski definition) is 2. The van der Waals surface area contributed by atoms with E-state index in [-0.39, 0.29) is 30.6 Å². The molecule has 1 amide bonds. The molecule has 0 aromatic heterocycles. The molecule has 4 atom stereocenters. The first-order valence-corrected chi connectivity index (χ1v) is 12.0. The van der Waals surface area contributed by atoms with Gasteiger partial charge in [-0.15, -0.1) is 0 Å². The van der Waals surface area contributed by atoms with Crippen LogP contribution in [0.5, 0.6) is 0 Å². The van der Waals surface area contributed by atoms with Crippen LogP contribution in [-0.2, 0) is 27.4 Å². The summed E-state index contributed by atoms with van der Waals surface area (Å²) in [5.41, 5.74) is 4.83. The van der Waals surface area contributed by atoms with E-state index in [0.29, 0.717) is 0 Å². The molecule has 184 valence electrons. The predicted octanol–water partition coefficient (Wildman–Crippen LogP) is 5.06. The van der Waals surface area contributed by atoms with E-state index in [4.69, 9.17) is 9.47 Å². The van der Waals surface area contributed by atoms with Crippen molar-refractivity contribution in [1.82, 2.24) is 4.90 Å². The van der Waals surface area contributed by atoms with Gasteiger partial charge >= 0.3 is 0 Å². The first kappa shape index (κ1) is 25.1. The zero-order valence-electron chi connectivity index (χ0n) is 20.6. The lowest BCUT2D eigenvalue weighted by atomic mass is 9.90. The number of nitrogens with one attached hydrogen (secondary N) is 1. The van der Waals surface area contributed by atoms with Crippen molar-refractivity contribution in [3.63, 3.8) is 0 Å². The van der Waals surface area contributed by atoms with Crippen LogP contribution >= 0.6 is 0 Å². The average Bonchev–Trinajstić information content (AvgIpc) is 2.86. The first-order chi connectivity index (χ1) is 16.9. The number of carbonyl (C=O) groups is 1. The fourth-order valence-electron chi connectivity index (χ4n) is 4.52. The van der Waals surface area contributed by atoms with Gasteiger partial charge in [-0.3, -0.25) is 9.69 Å². The topological polar surface area (TPSA) is 71.0 Å². The van der Waals surface area contributed by atoms with Gasteiger partial charge in [0, 0.05) is 37.2 Å². The Hall–Kier alpha value is -3.03. The van der Waals surface area contributed by atoms with Crippen LogP contribution < -0.4 is 5.32 Å². The maximum Gasteiger partial charge on any atom is 0.221 e. The third kappa shape index (κ3) is 6.55. The number of carbonyl (C=O) groups excluding carboxylic acids is 1. The molecular weight excluding hydrogens is 440 g/mol. The Morgan fingerprint density at radius 3 is 2.20 bits per heavy atom. The monoisotopic (exact) mass is 474 g/mol. The minimum atomic E-state index is -0.532. The van der Waals surface area contributed by atoms with Crippen LogP contribution in [0, 0.1) is 5.92 Å². The minimum absolute atomic E-state index is 0.0145. The van der Waals surface area contributed by atoms with Crippen molar-refractivity contribution in [2.75, 3.05) is 18.9 Å². The van der Waals surface area contributed by atoms with Gasteiger partial charge in [-0.1, -0.05) is 73.7 Å². The van der Waals surface area contributed by atoms with Crippen molar-refractivity contribution in [3.8, 4) is 0 Å². The first-order valence-electron chi connectivity index (χ1n) is 12.0. The zero-order valence-corrected chi connectivity index (χ0v) is 20.6. The zero-order chi connectivity index (χ0) is 24.8. The molecule has 1 aliphatic heterocycles. The Kier molecular flexibility index (Phi) is 8.31. The number of likely N-dealkylation sites (N-methyl/N-ethyl adjacent to an activating group) is 1. The summed E-state index contributed by atoms with van der Waals surface area (Å²) >= 11 is 0. The van der Waals surface area contributed by atoms with Gasteiger partial charge in [-0.05, 0) is 35.9 Å². The van der Waals surface area contributed by atoms with Gasteiger partial charge in [0.1, 0.15) is 0 Å². The molecule has 4 rings (SSSR count). The Morgan fingerprint density at radius 1 is 0.914 bits per heavy atom. The summed E-state index contributed by atoms with van der Waals surface area (Å²) in [5, 5.41) is 12.2. The quantitative estimate of drug-likeness (QED) is 0.478. The third-order valence-electron chi connectivity index (χ3n) is 6.41. The molecule has 6 nitrogen and oxygen atoms in total. The lowest BCUT2D eigenvalue weighted by molar-refractivity contribution is -0.276. The molecule has 2 N–H and O–H groups in total. The molecule has 1 fully saturated rings. The highest BCUT2D eigenvalue weighted by Gasteiger charge is 2.38. The second kappa shape index (κ2) is 11.6. The number of aliphatic hydroxyl groups is 1. The number of rotatable bonds is 8. The molecule has 1 saturated heterocycles. The Balaban J connectivity index is 1.56. The van der Waals surface area contributed by atoms with Crippen molar-refractivity contribution in [1.29, 1.82) is 0 Å². The fourth-order valence-corrected chi connectivity index (χ4v) is 4.52. The van der Waals surface area contributed by atoms with E-state index in [1.54, 1.807) is 0 Å². The average molecular weight is 475 g/mol. The van der Waals surface area contributed by atoms with Gasteiger partial charge < -0.3 is 19.9 Å². The smallest absolute Gasteiger partial charge is 0.221 e. The van der Waals surface area contributed by atoms with E-state index < -0.39 is 6.29 Å². The van der Waals surface area contributed by atoms with E-state index in [1.165, 1.54) is 12.5 Å². The molecule has 0 bridgehead atoms. The molecule has 0 saturated carbocycles. The molecule has 3 aromatic carbocycles. The van der Waals surface area contributed by atoms with Crippen LogP contribution in [0.1, 0.15) is 48.5 Å². The highest BCUT2D eigenvalue weighted by Crippen LogP contribution is 2.42. The number of ether oxygens (including phenoxy) is 2. The Morgan fingerprint density at radius 2 is 1.57 bits per heavy atom. The number of amides is 1. The van der Waals surface area contributed by atoms with Gasteiger partial charge in [0.15, 0.2) is 6.29 Å². The van der Waals surface area contributed by atoms with E-state index in [2.05, 4.69) is 48.5 Å². The second-order valence-electron chi connectivity index (χ2n) is 9.31. The van der Waals surface area contributed by atoms with E-state index in [0.717, 1.165) is 35.5 Å². The van der Waals surface area contributed by atoms with Crippen molar-refractivity contribution in [2.24, 2.45) is 5.92 Å². The number of nitrogens with zero attached hydrogens (tertiary/aromatic N) is 1. The largest absolute Gasteiger partial charge is 0.392 e. The van der Waals surface area contributed by atoms with Gasteiger partial charge in [-0.2, -0.15) is 0 Å². The number of benzene rings is 3. The van der Waals surface area contributed by atoms with Crippen LogP contribution in [0.4, 0.5) is 5.69 Å². The highest BCUT2D eigenvalue weighted by molar-refractivity contribution is 5.88. The summed E-state index contributed by atoms with van der Waals surface area (Å²) in [6.45, 7) is 5.26. The second-order valence-corrected chi connectivity index (χ2v) is 9.31. The van der Waals surface area contributed by atoms with Crippen LogP contribution in [-0.4, -0.2) is 35.6 Å². The van der Waals surface area contributed by atoms with Crippen LogP contribution in [0.15, 0.2) is 78.9 Å². The minimum Gasteiger partial charge on any atom is -0.392 e. The lowest BCUT2D eigenvalue weighted by Gasteiger charge is -2.42. The summed E-state index contributed by atoms with van der Waals surface area (Å²) in [6, 6.07) is 25.9. The SMILES string of the molecule is CC(=O)Nc1ccc([C@@H]2O[C@H](CN(C)Cc3ccccc3)[C@H](C)[C@H](c3ccc(CO)cc3)O2)cc1. The summed E-state index contributed by atoms with van der Waals surface area (Å²) < 4.78 is 13.0. The maximum absolute atomic E-state index is 11.4.